The van der Waals surface area contributed by atoms with Crippen LogP contribution < -0.4 is 16.0 Å². The fourth-order valence-electron chi connectivity index (χ4n) is 3.56. The Bertz CT molecular complexity index is 1100. The van der Waals surface area contributed by atoms with Gasteiger partial charge in [0.25, 0.3) is 0 Å². The first kappa shape index (κ1) is 34.7. The highest BCUT2D eigenvalue weighted by Gasteiger charge is 2.38. The summed E-state index contributed by atoms with van der Waals surface area (Å²) in [6, 6.07) is 0.652. The summed E-state index contributed by atoms with van der Waals surface area (Å²) in [5, 5.41) is 23.7. The zero-order valence-corrected chi connectivity index (χ0v) is 22.6. The molecule has 2 rings (SSSR count). The summed E-state index contributed by atoms with van der Waals surface area (Å²) < 4.78 is 36.9. The van der Waals surface area contributed by atoms with Crippen LogP contribution in [0.4, 0.5) is 13.2 Å². The first-order chi connectivity index (χ1) is 19.0. The lowest BCUT2D eigenvalue weighted by Crippen LogP contribution is -2.53. The Kier molecular flexibility index (Phi) is 13.5. The van der Waals surface area contributed by atoms with Gasteiger partial charge < -0.3 is 35.5 Å². The summed E-state index contributed by atoms with van der Waals surface area (Å²) in [5.74, 6) is -5.33. The second kappa shape index (κ2) is 16.0. The average Bonchev–Trinajstić information content (AvgIpc) is 3.57. The van der Waals surface area contributed by atoms with E-state index >= 15 is 0 Å². The summed E-state index contributed by atoms with van der Waals surface area (Å²) in [6.07, 6.45) is 0.495. The van der Waals surface area contributed by atoms with E-state index in [-0.39, 0.29) is 12.5 Å². The number of carbonyl (C=O) groups is 6. The molecule has 3 atom stereocenters. The SMILES string of the molecule is CC(C)C[C@H](NC(=O)C=Cc1ccco1)C(=O)NCC(=O)N1CCC[C@H]1C(=O)N[C@@H](C)C(=O)O.O=C(O)C(F)(F)F. The van der Waals surface area contributed by atoms with Gasteiger partial charge in [0.2, 0.25) is 23.6 Å². The van der Waals surface area contributed by atoms with Crippen molar-refractivity contribution in [3.05, 3.63) is 30.2 Å². The van der Waals surface area contributed by atoms with Crippen LogP contribution in [0, 0.1) is 5.92 Å². The van der Waals surface area contributed by atoms with Crippen molar-refractivity contribution in [1.82, 2.24) is 20.9 Å². The van der Waals surface area contributed by atoms with Crippen LogP contribution in [0.5, 0.6) is 0 Å². The minimum atomic E-state index is -5.08. The van der Waals surface area contributed by atoms with Gasteiger partial charge in [-0.05, 0) is 50.3 Å². The van der Waals surface area contributed by atoms with E-state index in [4.69, 9.17) is 19.4 Å². The Morgan fingerprint density at radius 1 is 1.12 bits per heavy atom. The molecule has 1 aliphatic heterocycles. The number of aliphatic carboxylic acids is 2. The number of nitrogens with one attached hydrogen (secondary N) is 3. The number of halogens is 3. The van der Waals surface area contributed by atoms with E-state index in [9.17, 15) is 37.1 Å². The third kappa shape index (κ3) is 12.6. The molecule has 228 valence electrons. The number of likely N-dealkylation sites (tertiary alicyclic amines) is 1. The van der Waals surface area contributed by atoms with Gasteiger partial charge in [-0.25, -0.2) is 4.79 Å². The quantitative estimate of drug-likeness (QED) is 0.235. The third-order valence-electron chi connectivity index (χ3n) is 5.54. The molecular weight excluding hydrogens is 557 g/mol. The second-order valence-corrected chi connectivity index (χ2v) is 9.37. The molecule has 1 aliphatic rings. The van der Waals surface area contributed by atoms with Crippen molar-refractivity contribution in [3.63, 3.8) is 0 Å². The maximum absolute atomic E-state index is 12.7. The van der Waals surface area contributed by atoms with E-state index in [1.54, 1.807) is 12.1 Å². The lowest BCUT2D eigenvalue weighted by atomic mass is 10.0. The van der Waals surface area contributed by atoms with Gasteiger partial charge in [0.15, 0.2) is 0 Å². The fraction of sp³-hybridized carbons (Fsp3) is 0.520. The lowest BCUT2D eigenvalue weighted by molar-refractivity contribution is -0.192. The maximum Gasteiger partial charge on any atom is 0.490 e. The van der Waals surface area contributed by atoms with Crippen molar-refractivity contribution in [2.75, 3.05) is 13.1 Å². The van der Waals surface area contributed by atoms with Gasteiger partial charge >= 0.3 is 18.1 Å². The average molecular weight is 591 g/mol. The van der Waals surface area contributed by atoms with Crippen LogP contribution in [0.2, 0.25) is 0 Å². The number of carboxylic acids is 2. The molecule has 0 unspecified atom stereocenters. The van der Waals surface area contributed by atoms with Crippen molar-refractivity contribution in [1.29, 1.82) is 0 Å². The normalized spacial score (nSPS) is 16.4. The predicted molar refractivity (Wildman–Crippen MR) is 136 cm³/mol. The second-order valence-electron chi connectivity index (χ2n) is 9.37. The van der Waals surface area contributed by atoms with Crippen LogP contribution in [0.25, 0.3) is 6.08 Å². The van der Waals surface area contributed by atoms with E-state index in [0.717, 1.165) is 0 Å². The fourth-order valence-corrected chi connectivity index (χ4v) is 3.56. The van der Waals surface area contributed by atoms with Gasteiger partial charge in [0.05, 0.1) is 12.8 Å². The smallest absolute Gasteiger partial charge is 0.480 e. The Hall–Kier alpha value is -4.37. The molecule has 13 nitrogen and oxygen atoms in total. The van der Waals surface area contributed by atoms with Crippen LogP contribution in [0.1, 0.15) is 45.8 Å². The van der Waals surface area contributed by atoms with Crippen molar-refractivity contribution in [2.45, 2.75) is 64.3 Å². The number of carbonyl (C=O) groups excluding carboxylic acids is 4. The van der Waals surface area contributed by atoms with Gasteiger partial charge in [-0.15, -0.1) is 0 Å². The molecule has 0 aromatic carbocycles. The van der Waals surface area contributed by atoms with Gasteiger partial charge in [-0.2, -0.15) is 13.2 Å². The summed E-state index contributed by atoms with van der Waals surface area (Å²) in [7, 11) is 0. The first-order valence-corrected chi connectivity index (χ1v) is 12.5. The van der Waals surface area contributed by atoms with E-state index in [0.29, 0.717) is 31.6 Å². The minimum Gasteiger partial charge on any atom is -0.480 e. The van der Waals surface area contributed by atoms with Crippen LogP contribution in [-0.2, 0) is 28.8 Å². The molecule has 4 amide bonds. The highest BCUT2D eigenvalue weighted by Crippen LogP contribution is 2.18. The Labute approximate surface area is 233 Å². The molecule has 5 N–H and O–H groups in total. The molecule has 41 heavy (non-hydrogen) atoms. The molecule has 2 heterocycles. The lowest BCUT2D eigenvalue weighted by Gasteiger charge is -2.25. The monoisotopic (exact) mass is 590 g/mol. The summed E-state index contributed by atoms with van der Waals surface area (Å²) in [5.41, 5.74) is 0. The van der Waals surface area contributed by atoms with Gasteiger partial charge in [-0.3, -0.25) is 24.0 Å². The number of hydrogen-bond donors (Lipinski definition) is 5. The van der Waals surface area contributed by atoms with Gasteiger partial charge in [0.1, 0.15) is 23.9 Å². The van der Waals surface area contributed by atoms with E-state index in [2.05, 4.69) is 16.0 Å². The molecule has 1 aromatic rings. The highest BCUT2D eigenvalue weighted by atomic mass is 19.4. The summed E-state index contributed by atoms with van der Waals surface area (Å²) in [4.78, 5) is 71.3. The Balaban J connectivity index is 0.00000106. The topological polar surface area (TPSA) is 195 Å². The summed E-state index contributed by atoms with van der Waals surface area (Å²) >= 11 is 0. The Morgan fingerprint density at radius 2 is 1.76 bits per heavy atom. The van der Waals surface area contributed by atoms with Crippen LogP contribution in [-0.4, -0.2) is 88.1 Å². The number of alkyl halides is 3. The van der Waals surface area contributed by atoms with Crippen molar-refractivity contribution in [3.8, 4) is 0 Å². The van der Waals surface area contributed by atoms with Gasteiger partial charge in [-0.1, -0.05) is 13.8 Å². The number of amides is 4. The number of furan rings is 1. The number of rotatable bonds is 11. The van der Waals surface area contributed by atoms with Gasteiger partial charge in [0, 0.05) is 12.6 Å². The molecule has 0 spiro atoms. The largest absolute Gasteiger partial charge is 0.490 e. The molecule has 0 aliphatic carbocycles. The van der Waals surface area contributed by atoms with Crippen molar-refractivity contribution in [2.24, 2.45) is 5.92 Å². The van der Waals surface area contributed by atoms with Crippen LogP contribution >= 0.6 is 0 Å². The predicted octanol–water partition coefficient (Wildman–Crippen LogP) is 1.15. The highest BCUT2D eigenvalue weighted by molar-refractivity contribution is 5.96. The first-order valence-electron chi connectivity index (χ1n) is 12.5. The number of hydrogen-bond acceptors (Lipinski definition) is 7. The van der Waals surface area contributed by atoms with Crippen LogP contribution in [0.15, 0.2) is 28.9 Å². The number of nitrogens with zero attached hydrogens (tertiary/aromatic N) is 1. The zero-order valence-electron chi connectivity index (χ0n) is 22.6. The Morgan fingerprint density at radius 3 is 2.27 bits per heavy atom. The molecule has 1 fully saturated rings. The summed E-state index contributed by atoms with van der Waals surface area (Å²) in [6.45, 7) is 5.14. The standard InChI is InChI=1S/C23H32N4O7.C2HF3O2/c1-14(2)12-17(26-19(28)9-8-16-6-5-11-34-16)21(30)24-13-20(29)27-10-4-7-18(27)22(31)25-15(3)23(32)33;3-2(4,5)1(6)7/h5-6,8-9,11,14-15,17-18H,4,7,10,12-13H2,1-3H3,(H,24,30)(H,25,31)(H,26,28)(H,32,33);(H,6,7)/t15-,17-,18-;/m0./s1. The third-order valence-corrected chi connectivity index (χ3v) is 5.54. The number of carboxylic acid groups (broad SMARTS) is 2. The molecule has 1 saturated heterocycles. The van der Waals surface area contributed by atoms with E-state index in [1.165, 1.54) is 30.2 Å². The van der Waals surface area contributed by atoms with Crippen LogP contribution in [0.3, 0.4) is 0 Å². The zero-order chi connectivity index (χ0) is 31.3. The minimum absolute atomic E-state index is 0.101. The molecule has 0 bridgehead atoms. The molecule has 1 aromatic heterocycles. The van der Waals surface area contributed by atoms with Crippen molar-refractivity contribution < 1.29 is 56.6 Å². The molecule has 16 heteroatoms. The van der Waals surface area contributed by atoms with E-state index < -0.39 is 59.9 Å². The molecule has 0 radical (unpaired) electrons. The van der Waals surface area contributed by atoms with E-state index in [1.807, 2.05) is 13.8 Å². The van der Waals surface area contributed by atoms with Crippen molar-refractivity contribution >= 4 is 41.6 Å². The molecule has 0 saturated carbocycles. The molecular formula is C25H33F3N4O9. The maximum atomic E-state index is 12.7.